The van der Waals surface area contributed by atoms with E-state index in [1.165, 1.54) is 57.8 Å². The van der Waals surface area contributed by atoms with Gasteiger partial charge < -0.3 is 10.2 Å². The van der Waals surface area contributed by atoms with Gasteiger partial charge in [0.25, 0.3) is 0 Å². The highest BCUT2D eigenvalue weighted by Gasteiger charge is 2.55. The first kappa shape index (κ1) is 21.9. The predicted molar refractivity (Wildman–Crippen MR) is 121 cm³/mol. The van der Waals surface area contributed by atoms with Crippen LogP contribution in [0.2, 0.25) is 0 Å². The van der Waals surface area contributed by atoms with E-state index in [0.717, 1.165) is 61.7 Å². The van der Waals surface area contributed by atoms with Crippen molar-refractivity contribution in [3.05, 3.63) is 11.6 Å². The molecule has 5 aliphatic carbocycles. The van der Waals surface area contributed by atoms with Gasteiger partial charge in [-0.15, -0.1) is 0 Å². The quantitative estimate of drug-likeness (QED) is 0.399. The summed E-state index contributed by atoms with van der Waals surface area (Å²) in [5.74, 6) is 4.51. The van der Waals surface area contributed by atoms with E-state index in [1.54, 1.807) is 5.57 Å². The molecule has 0 bridgehead atoms. The Labute approximate surface area is 179 Å². The highest BCUT2D eigenvalue weighted by molar-refractivity contribution is 5.20. The summed E-state index contributed by atoms with van der Waals surface area (Å²) in [6, 6.07) is 0. The number of fused-ring (bicyclic) bond motifs is 5. The molecule has 0 amide bonds. The van der Waals surface area contributed by atoms with Crippen LogP contribution in [0.4, 0.5) is 0 Å². The molecule has 0 spiro atoms. The van der Waals surface area contributed by atoms with Gasteiger partial charge in [0.15, 0.2) is 0 Å². The van der Waals surface area contributed by atoms with Crippen molar-refractivity contribution in [2.75, 3.05) is 0 Å². The first-order chi connectivity index (χ1) is 14.0. The van der Waals surface area contributed by atoms with Crippen molar-refractivity contribution < 1.29 is 10.2 Å². The fourth-order valence-electron chi connectivity index (χ4n) is 8.07. The minimum Gasteiger partial charge on any atom is -0.393 e. The lowest BCUT2D eigenvalue weighted by atomic mass is 9.51. The van der Waals surface area contributed by atoms with Crippen molar-refractivity contribution in [1.29, 1.82) is 0 Å². The molecule has 5 rings (SSSR count). The Morgan fingerprint density at radius 2 is 1.76 bits per heavy atom. The number of allylic oxidation sites excluding steroid dienone is 1. The van der Waals surface area contributed by atoms with Gasteiger partial charge in [-0.1, -0.05) is 45.3 Å². The summed E-state index contributed by atoms with van der Waals surface area (Å²) >= 11 is 0. The molecule has 0 heterocycles. The largest absolute Gasteiger partial charge is 0.393 e. The van der Waals surface area contributed by atoms with Crippen LogP contribution in [0.15, 0.2) is 11.6 Å². The van der Waals surface area contributed by atoms with E-state index in [2.05, 4.69) is 13.0 Å². The highest BCUT2D eigenvalue weighted by atomic mass is 16.3. The molecule has 7 unspecified atom stereocenters. The number of rotatable bonds is 5. The summed E-state index contributed by atoms with van der Waals surface area (Å²) in [6.45, 7) is 6.64. The van der Waals surface area contributed by atoms with E-state index < -0.39 is 0 Å². The molecule has 166 valence electrons. The van der Waals surface area contributed by atoms with E-state index in [4.69, 9.17) is 0 Å². The van der Waals surface area contributed by atoms with Crippen LogP contribution in [0.25, 0.3) is 0 Å². The van der Waals surface area contributed by atoms with Gasteiger partial charge in [0.2, 0.25) is 0 Å². The van der Waals surface area contributed by atoms with Gasteiger partial charge in [-0.05, 0) is 112 Å². The summed E-state index contributed by atoms with van der Waals surface area (Å²) in [6.07, 6.45) is 19.9. The molecule has 0 radical (unpaired) electrons. The minimum atomic E-state index is -0.250. The fraction of sp³-hybridized carbons (Fsp3) is 0.926. The van der Waals surface area contributed by atoms with E-state index in [0.29, 0.717) is 5.41 Å². The Hall–Kier alpha value is -0.340. The molecule has 2 nitrogen and oxygen atoms in total. The molecule has 0 aromatic heterocycles. The molecule has 29 heavy (non-hydrogen) atoms. The van der Waals surface area contributed by atoms with E-state index in [1.807, 2.05) is 13.8 Å². The van der Waals surface area contributed by atoms with E-state index in [9.17, 15) is 10.2 Å². The fourth-order valence-corrected chi connectivity index (χ4v) is 8.07. The van der Waals surface area contributed by atoms with Crippen molar-refractivity contribution in [2.45, 2.75) is 122 Å². The SMILES string of the molecule is CC.CC12CCC3C4CCC(O)CC4=CCC3C1CCC2CCCCC1(O)CC1. The van der Waals surface area contributed by atoms with Crippen molar-refractivity contribution in [2.24, 2.45) is 35.0 Å². The molecule has 2 N–H and O–H groups in total. The lowest BCUT2D eigenvalue weighted by Crippen LogP contribution is -2.46. The molecule has 0 saturated heterocycles. The third-order valence-corrected chi connectivity index (χ3v) is 9.89. The Morgan fingerprint density at radius 1 is 0.966 bits per heavy atom. The third-order valence-electron chi connectivity index (χ3n) is 9.89. The molecule has 4 saturated carbocycles. The van der Waals surface area contributed by atoms with Crippen LogP contribution >= 0.6 is 0 Å². The van der Waals surface area contributed by atoms with Crippen molar-refractivity contribution in [3.63, 3.8) is 0 Å². The van der Waals surface area contributed by atoms with E-state index in [-0.39, 0.29) is 11.7 Å². The molecule has 7 atom stereocenters. The maximum Gasteiger partial charge on any atom is 0.0650 e. The normalized spacial score (nSPS) is 44.5. The molecule has 0 aromatic carbocycles. The van der Waals surface area contributed by atoms with E-state index >= 15 is 0 Å². The van der Waals surface area contributed by atoms with Gasteiger partial charge in [0, 0.05) is 0 Å². The maximum absolute atomic E-state index is 10.1. The van der Waals surface area contributed by atoms with Gasteiger partial charge >= 0.3 is 0 Å². The third kappa shape index (κ3) is 4.22. The Morgan fingerprint density at radius 3 is 2.52 bits per heavy atom. The van der Waals surface area contributed by atoms with Crippen LogP contribution in [-0.2, 0) is 0 Å². The predicted octanol–water partition coefficient (Wildman–Crippen LogP) is 6.65. The van der Waals surface area contributed by atoms with Crippen molar-refractivity contribution >= 4 is 0 Å². The monoisotopic (exact) mass is 402 g/mol. The van der Waals surface area contributed by atoms with Crippen LogP contribution in [-0.4, -0.2) is 21.9 Å². The Balaban J connectivity index is 0.000000994. The zero-order valence-corrected chi connectivity index (χ0v) is 19.3. The topological polar surface area (TPSA) is 40.5 Å². The molecule has 5 aliphatic rings. The first-order valence-electron chi connectivity index (χ1n) is 13.1. The number of aliphatic hydroxyl groups is 2. The van der Waals surface area contributed by atoms with Crippen LogP contribution in [0.5, 0.6) is 0 Å². The van der Waals surface area contributed by atoms with Gasteiger partial charge in [-0.3, -0.25) is 0 Å². The Bertz CT molecular complexity index is 591. The second kappa shape index (κ2) is 8.65. The lowest BCUT2D eigenvalue weighted by molar-refractivity contribution is -0.0201. The molecular weight excluding hydrogens is 356 g/mol. The second-order valence-electron chi connectivity index (χ2n) is 11.3. The number of hydrogen-bond acceptors (Lipinski definition) is 2. The number of hydrogen-bond donors (Lipinski definition) is 2. The average molecular weight is 403 g/mol. The summed E-state index contributed by atoms with van der Waals surface area (Å²) in [5, 5.41) is 20.1. The number of aliphatic hydroxyl groups excluding tert-OH is 1. The van der Waals surface area contributed by atoms with Gasteiger partial charge in [0.1, 0.15) is 0 Å². The van der Waals surface area contributed by atoms with Gasteiger partial charge in [0.05, 0.1) is 11.7 Å². The molecule has 2 heteroatoms. The van der Waals surface area contributed by atoms with Crippen LogP contribution in [0, 0.1) is 35.0 Å². The zero-order chi connectivity index (χ0) is 20.6. The van der Waals surface area contributed by atoms with Crippen molar-refractivity contribution in [3.8, 4) is 0 Å². The van der Waals surface area contributed by atoms with Crippen LogP contribution in [0.3, 0.4) is 0 Å². The van der Waals surface area contributed by atoms with Crippen LogP contribution in [0.1, 0.15) is 111 Å². The van der Waals surface area contributed by atoms with Crippen LogP contribution < -0.4 is 0 Å². The molecular formula is C27H46O2. The second-order valence-corrected chi connectivity index (χ2v) is 11.3. The standard InChI is InChI=1S/C25H40O2.C2H6/c1-24-13-11-21-20-9-7-19(26)16-17(20)5-8-22(21)23(24)10-6-18(24)4-2-3-12-25(27)14-15-25;1-2/h5,18-23,26-27H,2-4,6-16H2,1H3;1-2H3. The summed E-state index contributed by atoms with van der Waals surface area (Å²) in [4.78, 5) is 0. The lowest BCUT2D eigenvalue weighted by Gasteiger charge is -2.54. The molecule has 0 aliphatic heterocycles. The summed E-state index contributed by atoms with van der Waals surface area (Å²) in [7, 11) is 0. The van der Waals surface area contributed by atoms with Crippen molar-refractivity contribution in [1.82, 2.24) is 0 Å². The maximum atomic E-state index is 10.1. The molecule has 0 aromatic rings. The first-order valence-corrected chi connectivity index (χ1v) is 13.1. The minimum absolute atomic E-state index is 0.0672. The summed E-state index contributed by atoms with van der Waals surface area (Å²) in [5.41, 5.74) is 1.95. The van der Waals surface area contributed by atoms with Gasteiger partial charge in [-0.25, -0.2) is 0 Å². The number of unbranched alkanes of at least 4 members (excludes halogenated alkanes) is 1. The Kier molecular flexibility index (Phi) is 6.53. The smallest absolute Gasteiger partial charge is 0.0650 e. The molecule has 4 fully saturated rings. The highest BCUT2D eigenvalue weighted by Crippen LogP contribution is 2.64. The summed E-state index contributed by atoms with van der Waals surface area (Å²) < 4.78 is 0. The average Bonchev–Trinajstić information content (AvgIpc) is 3.36. The van der Waals surface area contributed by atoms with Gasteiger partial charge in [-0.2, -0.15) is 0 Å². The zero-order valence-electron chi connectivity index (χ0n) is 19.3.